The minimum Gasteiger partial charge on any atom is -0.411 e. The summed E-state index contributed by atoms with van der Waals surface area (Å²) in [5, 5.41) is 16.0. The van der Waals surface area contributed by atoms with Crippen LogP contribution in [0.1, 0.15) is 37.8 Å². The molecule has 0 amide bonds. The van der Waals surface area contributed by atoms with Crippen LogP contribution in [-0.4, -0.2) is 17.0 Å². The molecule has 16 heavy (non-hydrogen) atoms. The van der Waals surface area contributed by atoms with E-state index in [1.165, 1.54) is 5.56 Å². The third kappa shape index (κ3) is 2.25. The van der Waals surface area contributed by atoms with Crippen LogP contribution >= 0.6 is 0 Å². The van der Waals surface area contributed by atoms with Crippen molar-refractivity contribution in [3.05, 3.63) is 35.9 Å². The summed E-state index contributed by atoms with van der Waals surface area (Å²) in [7, 11) is 0. The fourth-order valence-electron chi connectivity index (χ4n) is 2.25. The van der Waals surface area contributed by atoms with Gasteiger partial charge in [0, 0.05) is 6.04 Å². The Morgan fingerprint density at radius 1 is 1.38 bits per heavy atom. The topological polar surface area (TPSA) is 44.6 Å². The first-order valence-electron chi connectivity index (χ1n) is 5.87. The van der Waals surface area contributed by atoms with Crippen LogP contribution in [0.4, 0.5) is 0 Å². The Balaban J connectivity index is 2.22. The van der Waals surface area contributed by atoms with E-state index < -0.39 is 0 Å². The molecule has 2 atom stereocenters. The Labute approximate surface area is 96.2 Å². The van der Waals surface area contributed by atoms with Gasteiger partial charge in [0.15, 0.2) is 0 Å². The molecule has 0 aromatic heterocycles. The van der Waals surface area contributed by atoms with Crippen LogP contribution in [0, 0.1) is 0 Å². The number of benzene rings is 1. The van der Waals surface area contributed by atoms with Crippen LogP contribution in [0.3, 0.4) is 0 Å². The van der Waals surface area contributed by atoms with E-state index in [9.17, 15) is 0 Å². The average molecular weight is 218 g/mol. The SMILES string of the molecule is CCC1CC/C(=N\O)C(c2ccccc2)N1. The van der Waals surface area contributed by atoms with Gasteiger partial charge in [0.2, 0.25) is 0 Å². The number of nitrogens with one attached hydrogen (secondary N) is 1. The molecule has 1 aromatic carbocycles. The van der Waals surface area contributed by atoms with Crippen molar-refractivity contribution in [2.75, 3.05) is 0 Å². The summed E-state index contributed by atoms with van der Waals surface area (Å²) in [6, 6.07) is 10.8. The molecule has 2 N–H and O–H groups in total. The van der Waals surface area contributed by atoms with Crippen molar-refractivity contribution in [2.24, 2.45) is 5.16 Å². The maximum atomic E-state index is 9.03. The Bertz CT molecular complexity index is 361. The second-order valence-electron chi connectivity index (χ2n) is 4.25. The van der Waals surface area contributed by atoms with Crippen molar-refractivity contribution >= 4 is 5.71 Å². The lowest BCUT2D eigenvalue weighted by Crippen LogP contribution is -2.41. The van der Waals surface area contributed by atoms with E-state index >= 15 is 0 Å². The average Bonchev–Trinajstić information content (AvgIpc) is 2.39. The molecule has 2 rings (SSSR count). The van der Waals surface area contributed by atoms with Crippen LogP contribution in [0.5, 0.6) is 0 Å². The molecule has 1 heterocycles. The molecule has 0 aliphatic carbocycles. The lowest BCUT2D eigenvalue weighted by atomic mass is 9.91. The summed E-state index contributed by atoms with van der Waals surface area (Å²) in [6.45, 7) is 2.18. The minimum atomic E-state index is 0.0740. The van der Waals surface area contributed by atoms with Gasteiger partial charge >= 0.3 is 0 Å². The smallest absolute Gasteiger partial charge is 0.0785 e. The Morgan fingerprint density at radius 2 is 2.12 bits per heavy atom. The standard InChI is InChI=1S/C13H18N2O/c1-2-11-8-9-12(15-16)13(14-11)10-6-4-3-5-7-10/h3-7,11,13-14,16H,2,8-9H2,1H3/b15-12+. The lowest BCUT2D eigenvalue weighted by molar-refractivity contribution is 0.306. The first-order valence-corrected chi connectivity index (χ1v) is 5.87. The van der Waals surface area contributed by atoms with Crippen molar-refractivity contribution in [1.29, 1.82) is 0 Å². The third-order valence-corrected chi connectivity index (χ3v) is 3.24. The highest BCUT2D eigenvalue weighted by atomic mass is 16.4. The molecular weight excluding hydrogens is 200 g/mol. The predicted octanol–water partition coefficient (Wildman–Crippen LogP) is 2.72. The molecule has 1 aromatic rings. The van der Waals surface area contributed by atoms with Gasteiger partial charge in [0.05, 0.1) is 11.8 Å². The van der Waals surface area contributed by atoms with Crippen molar-refractivity contribution in [2.45, 2.75) is 38.3 Å². The first kappa shape index (κ1) is 11.1. The number of piperidine rings is 1. The van der Waals surface area contributed by atoms with Crippen molar-refractivity contribution in [3.63, 3.8) is 0 Å². The van der Waals surface area contributed by atoms with Gasteiger partial charge < -0.3 is 10.5 Å². The Morgan fingerprint density at radius 3 is 2.75 bits per heavy atom. The van der Waals surface area contributed by atoms with Crippen molar-refractivity contribution in [1.82, 2.24) is 5.32 Å². The maximum absolute atomic E-state index is 9.03. The predicted molar refractivity (Wildman–Crippen MR) is 64.9 cm³/mol. The van der Waals surface area contributed by atoms with Gasteiger partial charge in [-0.05, 0) is 24.8 Å². The van der Waals surface area contributed by atoms with Gasteiger partial charge in [-0.1, -0.05) is 42.4 Å². The van der Waals surface area contributed by atoms with E-state index in [2.05, 4.69) is 29.5 Å². The highest BCUT2D eigenvalue weighted by Gasteiger charge is 2.26. The molecular formula is C13H18N2O. The Kier molecular flexibility index (Phi) is 3.57. The van der Waals surface area contributed by atoms with Crippen LogP contribution < -0.4 is 5.32 Å². The second kappa shape index (κ2) is 5.12. The molecule has 2 unspecified atom stereocenters. The summed E-state index contributed by atoms with van der Waals surface area (Å²) >= 11 is 0. The minimum absolute atomic E-state index is 0.0740. The van der Waals surface area contributed by atoms with E-state index in [0.717, 1.165) is 25.0 Å². The molecule has 1 fully saturated rings. The van der Waals surface area contributed by atoms with Crippen LogP contribution in [0.15, 0.2) is 35.5 Å². The molecule has 1 aliphatic heterocycles. The summed E-state index contributed by atoms with van der Waals surface area (Å²) in [4.78, 5) is 0. The normalized spacial score (nSPS) is 28.2. The van der Waals surface area contributed by atoms with Crippen LogP contribution in [0.25, 0.3) is 0 Å². The molecule has 3 heteroatoms. The van der Waals surface area contributed by atoms with E-state index in [-0.39, 0.29) is 6.04 Å². The largest absolute Gasteiger partial charge is 0.411 e. The number of hydrogen-bond donors (Lipinski definition) is 2. The first-order chi connectivity index (χ1) is 7.85. The summed E-state index contributed by atoms with van der Waals surface area (Å²) in [6.07, 6.45) is 3.04. The zero-order valence-electron chi connectivity index (χ0n) is 9.56. The van der Waals surface area contributed by atoms with Gasteiger partial charge in [0.1, 0.15) is 0 Å². The van der Waals surface area contributed by atoms with Crippen LogP contribution in [0.2, 0.25) is 0 Å². The van der Waals surface area contributed by atoms with E-state index in [1.54, 1.807) is 0 Å². The summed E-state index contributed by atoms with van der Waals surface area (Å²) in [5.74, 6) is 0. The quantitative estimate of drug-likeness (QED) is 0.592. The van der Waals surface area contributed by atoms with E-state index in [1.807, 2.05) is 18.2 Å². The van der Waals surface area contributed by atoms with Gasteiger partial charge in [0.25, 0.3) is 0 Å². The van der Waals surface area contributed by atoms with E-state index in [0.29, 0.717) is 6.04 Å². The molecule has 86 valence electrons. The molecule has 1 aliphatic rings. The number of oxime groups is 1. The van der Waals surface area contributed by atoms with Crippen LogP contribution in [-0.2, 0) is 0 Å². The van der Waals surface area contributed by atoms with Crippen molar-refractivity contribution < 1.29 is 5.21 Å². The molecule has 3 nitrogen and oxygen atoms in total. The fourth-order valence-corrected chi connectivity index (χ4v) is 2.25. The molecule has 0 radical (unpaired) electrons. The molecule has 0 bridgehead atoms. The van der Waals surface area contributed by atoms with Crippen molar-refractivity contribution in [3.8, 4) is 0 Å². The molecule has 1 saturated heterocycles. The van der Waals surface area contributed by atoms with Gasteiger partial charge in [-0.15, -0.1) is 0 Å². The van der Waals surface area contributed by atoms with Gasteiger partial charge in [-0.25, -0.2) is 0 Å². The number of nitrogens with zero attached hydrogens (tertiary/aromatic N) is 1. The molecule has 0 saturated carbocycles. The maximum Gasteiger partial charge on any atom is 0.0785 e. The molecule has 0 spiro atoms. The summed E-state index contributed by atoms with van der Waals surface area (Å²) < 4.78 is 0. The number of rotatable bonds is 2. The van der Waals surface area contributed by atoms with Gasteiger partial charge in [-0.2, -0.15) is 0 Å². The zero-order valence-corrected chi connectivity index (χ0v) is 9.56. The monoisotopic (exact) mass is 218 g/mol. The Hall–Kier alpha value is -1.35. The highest BCUT2D eigenvalue weighted by Crippen LogP contribution is 2.24. The number of hydrogen-bond acceptors (Lipinski definition) is 3. The third-order valence-electron chi connectivity index (χ3n) is 3.24. The second-order valence-corrected chi connectivity index (χ2v) is 4.25. The van der Waals surface area contributed by atoms with E-state index in [4.69, 9.17) is 5.21 Å². The van der Waals surface area contributed by atoms with Gasteiger partial charge in [-0.3, -0.25) is 0 Å². The fraction of sp³-hybridized carbons (Fsp3) is 0.462. The highest BCUT2D eigenvalue weighted by molar-refractivity contribution is 5.90. The lowest BCUT2D eigenvalue weighted by Gasteiger charge is -2.31. The zero-order chi connectivity index (χ0) is 11.4. The summed E-state index contributed by atoms with van der Waals surface area (Å²) in [5.41, 5.74) is 2.02.